The van der Waals surface area contributed by atoms with Crippen molar-refractivity contribution in [3.8, 4) is 11.8 Å². The molecule has 0 saturated heterocycles. The highest BCUT2D eigenvalue weighted by atomic mass is 14.7. The topological polar surface area (TPSA) is 49.9 Å². The summed E-state index contributed by atoms with van der Waals surface area (Å²) < 4.78 is 0. The number of nitrogens with two attached hydrogens (primary N) is 1. The Kier molecular flexibility index (Phi) is 1.76. The maximum atomic E-state index is 6.46. The van der Waals surface area contributed by atoms with Crippen LogP contribution >= 0.6 is 0 Å². The predicted octanol–water partition coefficient (Wildman–Crippen LogP) is -0.240. The van der Waals surface area contributed by atoms with E-state index in [2.05, 4.69) is 18.8 Å². The monoisotopic (exact) mass is 81.0 g/mol. The minimum absolute atomic E-state index is 0.134. The van der Waals surface area contributed by atoms with Gasteiger partial charge >= 0.3 is 0 Å². The Morgan fingerprint density at radius 2 is 2.33 bits per heavy atom. The molecule has 0 atom stereocenters. The Morgan fingerprint density at radius 1 is 1.83 bits per heavy atom. The number of rotatable bonds is 0. The first-order valence-corrected chi connectivity index (χ1v) is 1.39. The molecule has 0 aliphatic carbocycles. The maximum Gasteiger partial charge on any atom is 0.0643 e. The lowest BCUT2D eigenvalue weighted by atomic mass is 10.6. The van der Waals surface area contributed by atoms with Crippen molar-refractivity contribution >= 4 is 5.84 Å². The number of amidine groups is 1. The number of hydrogen-bond acceptors (Lipinski definition) is 1. The van der Waals surface area contributed by atoms with Crippen LogP contribution in [0.4, 0.5) is 0 Å². The van der Waals surface area contributed by atoms with Crippen LogP contribution in [0.3, 0.4) is 0 Å². The molecule has 0 rings (SSSR count). The van der Waals surface area contributed by atoms with Crippen molar-refractivity contribution in [2.24, 2.45) is 5.73 Å². The molecule has 0 aliphatic rings. The molecule has 2 nitrogen and oxygen atoms in total. The summed E-state index contributed by atoms with van der Waals surface area (Å²) in [6.07, 6.45) is 0. The van der Waals surface area contributed by atoms with Crippen LogP contribution < -0.4 is 5.73 Å². The molecule has 0 bridgehead atoms. The molecule has 3 N–H and O–H groups in total. The van der Waals surface area contributed by atoms with Crippen molar-refractivity contribution in [2.45, 2.75) is 0 Å². The second-order valence-corrected chi connectivity index (χ2v) is 0.715. The average Bonchev–Trinajstić information content (AvgIpc) is 1.35. The summed E-state index contributed by atoms with van der Waals surface area (Å²) in [7, 11) is 0. The smallest absolute Gasteiger partial charge is 0.0643 e. The van der Waals surface area contributed by atoms with E-state index in [-0.39, 0.29) is 5.84 Å². The van der Waals surface area contributed by atoms with Crippen LogP contribution in [0.2, 0.25) is 0 Å². The molecular formula is C4H5N2-. The highest BCUT2D eigenvalue weighted by Gasteiger charge is 1.52. The van der Waals surface area contributed by atoms with Crippen LogP contribution in [0, 0.1) is 24.2 Å². The third-order valence-corrected chi connectivity index (χ3v) is 0.223. The van der Waals surface area contributed by atoms with E-state index in [1.54, 1.807) is 0 Å². The lowest BCUT2D eigenvalue weighted by Gasteiger charge is -1.81. The second kappa shape index (κ2) is 2.16. The molecule has 0 fully saturated rings. The molecule has 32 valence electrons. The van der Waals surface area contributed by atoms with Gasteiger partial charge < -0.3 is 5.73 Å². The SMILES string of the molecule is [CH2-]C#CC(=N)N. The van der Waals surface area contributed by atoms with Gasteiger partial charge in [-0.15, -0.1) is 0 Å². The Bertz CT molecular complexity index is 104. The lowest BCUT2D eigenvalue weighted by molar-refractivity contribution is 1.48. The zero-order valence-electron chi connectivity index (χ0n) is 3.28. The number of hydrogen-bond donors (Lipinski definition) is 2. The molecule has 2 heteroatoms. The lowest BCUT2D eigenvalue weighted by Crippen LogP contribution is -2.04. The zero-order chi connectivity index (χ0) is 4.99. The number of nitrogens with one attached hydrogen (secondary N) is 1. The van der Waals surface area contributed by atoms with Crippen molar-refractivity contribution in [2.75, 3.05) is 0 Å². The molecule has 0 amide bonds. The minimum Gasteiger partial charge on any atom is -0.394 e. The fourth-order valence-corrected chi connectivity index (χ4v) is 0.0952. The van der Waals surface area contributed by atoms with E-state index in [1.165, 1.54) is 0 Å². The van der Waals surface area contributed by atoms with E-state index >= 15 is 0 Å². The van der Waals surface area contributed by atoms with Gasteiger partial charge in [0.25, 0.3) is 0 Å². The fourth-order valence-electron chi connectivity index (χ4n) is 0.0952. The summed E-state index contributed by atoms with van der Waals surface area (Å²) in [6.45, 7) is 3.14. The first kappa shape index (κ1) is 4.90. The summed E-state index contributed by atoms with van der Waals surface area (Å²) in [5.74, 6) is 4.29. The summed E-state index contributed by atoms with van der Waals surface area (Å²) in [5, 5.41) is 6.46. The third kappa shape index (κ3) is 2.90. The molecule has 0 aliphatic heterocycles. The summed E-state index contributed by atoms with van der Waals surface area (Å²) in [4.78, 5) is 0. The first-order valence-electron chi connectivity index (χ1n) is 1.39. The molecule has 0 radical (unpaired) electrons. The normalized spacial score (nSPS) is 5.33. The molecule has 0 unspecified atom stereocenters. The quantitative estimate of drug-likeness (QED) is 0.180. The first-order chi connectivity index (χ1) is 2.77. The van der Waals surface area contributed by atoms with Gasteiger partial charge in [-0.25, -0.2) is 0 Å². The summed E-state index contributed by atoms with van der Waals surface area (Å²) >= 11 is 0. The van der Waals surface area contributed by atoms with E-state index < -0.39 is 0 Å². The minimum atomic E-state index is -0.134. The van der Waals surface area contributed by atoms with Crippen molar-refractivity contribution in [3.63, 3.8) is 0 Å². The van der Waals surface area contributed by atoms with Crippen LogP contribution in [0.25, 0.3) is 0 Å². The van der Waals surface area contributed by atoms with Crippen LogP contribution in [0.5, 0.6) is 0 Å². The van der Waals surface area contributed by atoms with Gasteiger partial charge in [0.2, 0.25) is 0 Å². The summed E-state index contributed by atoms with van der Waals surface area (Å²) in [5.41, 5.74) is 4.77. The predicted molar refractivity (Wildman–Crippen MR) is 25.0 cm³/mol. The Balaban J connectivity index is 3.50. The third-order valence-electron chi connectivity index (χ3n) is 0.223. The van der Waals surface area contributed by atoms with Gasteiger partial charge in [-0.3, -0.25) is 17.3 Å². The van der Waals surface area contributed by atoms with Gasteiger partial charge in [-0.2, -0.15) is 6.92 Å². The van der Waals surface area contributed by atoms with E-state index in [0.717, 1.165) is 0 Å². The largest absolute Gasteiger partial charge is 0.394 e. The van der Waals surface area contributed by atoms with E-state index in [1.807, 2.05) is 0 Å². The second-order valence-electron chi connectivity index (χ2n) is 0.715. The van der Waals surface area contributed by atoms with Crippen molar-refractivity contribution < 1.29 is 0 Å². The van der Waals surface area contributed by atoms with Crippen LogP contribution in [0.15, 0.2) is 0 Å². The highest BCUT2D eigenvalue weighted by molar-refractivity contribution is 5.94. The van der Waals surface area contributed by atoms with Crippen LogP contribution in [-0.2, 0) is 0 Å². The van der Waals surface area contributed by atoms with Crippen molar-refractivity contribution in [1.82, 2.24) is 0 Å². The fraction of sp³-hybridized carbons (Fsp3) is 0. The van der Waals surface area contributed by atoms with E-state index in [9.17, 15) is 0 Å². The van der Waals surface area contributed by atoms with Gasteiger partial charge in [0.05, 0.1) is 5.84 Å². The van der Waals surface area contributed by atoms with Crippen LogP contribution in [-0.4, -0.2) is 5.84 Å². The maximum absolute atomic E-state index is 6.46. The molecular weight excluding hydrogens is 76.1 g/mol. The standard InChI is InChI=1S/C4H5N2/c1-2-3-4(5)6/h1H2,(H3,5,6)/q-1. The molecule has 0 aromatic rings. The summed E-state index contributed by atoms with van der Waals surface area (Å²) in [6, 6.07) is 0. The molecule has 0 heterocycles. The molecule has 0 aromatic carbocycles. The Morgan fingerprint density at radius 3 is 2.33 bits per heavy atom. The molecule has 0 spiro atoms. The van der Waals surface area contributed by atoms with E-state index in [0.29, 0.717) is 0 Å². The molecule has 6 heavy (non-hydrogen) atoms. The van der Waals surface area contributed by atoms with Gasteiger partial charge in [0.1, 0.15) is 0 Å². The van der Waals surface area contributed by atoms with Crippen LogP contribution in [0.1, 0.15) is 0 Å². The van der Waals surface area contributed by atoms with Gasteiger partial charge in [-0.05, 0) is 0 Å². The Hall–Kier alpha value is -1.10. The average molecular weight is 81.1 g/mol. The molecule has 0 aromatic heterocycles. The molecule has 0 saturated carbocycles. The van der Waals surface area contributed by atoms with Gasteiger partial charge in [0, 0.05) is 0 Å². The zero-order valence-corrected chi connectivity index (χ0v) is 3.28. The van der Waals surface area contributed by atoms with Crippen molar-refractivity contribution in [1.29, 1.82) is 5.41 Å². The van der Waals surface area contributed by atoms with Gasteiger partial charge in [-0.1, -0.05) is 0 Å². The van der Waals surface area contributed by atoms with E-state index in [4.69, 9.17) is 11.1 Å². The van der Waals surface area contributed by atoms with Crippen molar-refractivity contribution in [3.05, 3.63) is 6.92 Å². The Labute approximate surface area is 36.9 Å². The highest BCUT2D eigenvalue weighted by Crippen LogP contribution is 1.47. The van der Waals surface area contributed by atoms with Gasteiger partial charge in [0.15, 0.2) is 0 Å².